The zero-order valence-electron chi connectivity index (χ0n) is 36.9. The molecule has 324 valence electrons. The molecule has 1 unspecified atom stereocenters. The number of carbonyl (C=O) groups is 3. The van der Waals surface area contributed by atoms with Gasteiger partial charge in [0, 0.05) is 19.3 Å². The maximum atomic E-state index is 12.7. The highest BCUT2D eigenvalue weighted by Crippen LogP contribution is 2.14. The average molecular weight is 785 g/mol. The Morgan fingerprint density at radius 1 is 0.375 bits per heavy atom. The summed E-state index contributed by atoms with van der Waals surface area (Å²) in [5.41, 5.74) is 0. The lowest BCUT2D eigenvalue weighted by Crippen LogP contribution is -2.30. The van der Waals surface area contributed by atoms with E-state index in [1.807, 2.05) is 0 Å². The van der Waals surface area contributed by atoms with E-state index in [0.717, 1.165) is 96.3 Å². The second kappa shape index (κ2) is 45.1. The van der Waals surface area contributed by atoms with Crippen LogP contribution < -0.4 is 0 Å². The number of ether oxygens (including phenoxy) is 3. The van der Waals surface area contributed by atoms with E-state index in [1.54, 1.807) is 0 Å². The Morgan fingerprint density at radius 2 is 0.696 bits per heavy atom. The molecule has 0 radical (unpaired) electrons. The molecule has 0 aromatic carbocycles. The normalized spacial score (nSPS) is 12.4. The van der Waals surface area contributed by atoms with Crippen molar-refractivity contribution < 1.29 is 28.6 Å². The van der Waals surface area contributed by atoms with E-state index < -0.39 is 6.10 Å². The standard InChI is InChI=1S/C50H88O6/c1-4-7-10-13-16-18-20-22-24-25-27-28-30-32-34-37-40-43-49(52)55-46-47(45-54-48(51)42-39-36-15-12-9-6-3)56-50(53)44-41-38-35-33-31-29-26-23-21-19-17-14-11-8-5-2/h7,10,16,18,22-24,26,47H,4-6,8-9,11-15,17,19-21,25,27-46H2,1-3H3/b10-7-,18-16-,24-22-,26-23-. The predicted octanol–water partition coefficient (Wildman–Crippen LogP) is 15.1. The van der Waals surface area contributed by atoms with E-state index in [1.165, 1.54) is 96.3 Å². The van der Waals surface area contributed by atoms with Crippen molar-refractivity contribution >= 4 is 17.9 Å². The van der Waals surface area contributed by atoms with Gasteiger partial charge in [0.2, 0.25) is 0 Å². The fourth-order valence-electron chi connectivity index (χ4n) is 6.51. The Morgan fingerprint density at radius 3 is 1.11 bits per heavy atom. The molecule has 6 nitrogen and oxygen atoms in total. The molecule has 1 atom stereocenters. The summed E-state index contributed by atoms with van der Waals surface area (Å²) in [7, 11) is 0. The summed E-state index contributed by atoms with van der Waals surface area (Å²) in [6, 6.07) is 0. The van der Waals surface area contributed by atoms with Crippen molar-refractivity contribution in [1.82, 2.24) is 0 Å². The van der Waals surface area contributed by atoms with E-state index in [9.17, 15) is 14.4 Å². The summed E-state index contributed by atoms with van der Waals surface area (Å²) in [6.07, 6.45) is 52.5. The highest BCUT2D eigenvalue weighted by Gasteiger charge is 2.19. The molecule has 0 N–H and O–H groups in total. The number of hydrogen-bond acceptors (Lipinski definition) is 6. The van der Waals surface area contributed by atoms with Crippen LogP contribution in [0.2, 0.25) is 0 Å². The third-order valence-corrected chi connectivity index (χ3v) is 10.1. The highest BCUT2D eigenvalue weighted by molar-refractivity contribution is 5.71. The number of unbranched alkanes of at least 4 members (excludes halogenated alkanes) is 23. The van der Waals surface area contributed by atoms with Crippen molar-refractivity contribution in [3.8, 4) is 0 Å². The van der Waals surface area contributed by atoms with Crippen molar-refractivity contribution in [2.45, 2.75) is 239 Å². The van der Waals surface area contributed by atoms with E-state index >= 15 is 0 Å². The van der Waals surface area contributed by atoms with Crippen LogP contribution in [0.3, 0.4) is 0 Å². The largest absolute Gasteiger partial charge is 0.462 e. The number of allylic oxidation sites excluding steroid dienone is 8. The molecule has 56 heavy (non-hydrogen) atoms. The lowest BCUT2D eigenvalue weighted by atomic mass is 10.1. The van der Waals surface area contributed by atoms with Crippen LogP contribution in [-0.2, 0) is 28.6 Å². The van der Waals surface area contributed by atoms with Crippen LogP contribution in [0.4, 0.5) is 0 Å². The molecule has 0 aliphatic rings. The Kier molecular flexibility index (Phi) is 43.0. The van der Waals surface area contributed by atoms with Gasteiger partial charge in [-0.15, -0.1) is 0 Å². The van der Waals surface area contributed by atoms with Gasteiger partial charge in [-0.05, 0) is 77.0 Å². The molecule has 0 aromatic heterocycles. The summed E-state index contributed by atoms with van der Waals surface area (Å²) in [6.45, 7) is 6.44. The van der Waals surface area contributed by atoms with Gasteiger partial charge in [-0.25, -0.2) is 0 Å². The summed E-state index contributed by atoms with van der Waals surface area (Å²) < 4.78 is 16.6. The molecular formula is C50H88O6. The molecule has 0 aromatic rings. The molecule has 6 heteroatoms. The third kappa shape index (κ3) is 42.5. The van der Waals surface area contributed by atoms with Crippen molar-refractivity contribution in [2.75, 3.05) is 13.2 Å². The summed E-state index contributed by atoms with van der Waals surface area (Å²) in [4.78, 5) is 37.6. The van der Waals surface area contributed by atoms with Gasteiger partial charge in [0.1, 0.15) is 13.2 Å². The molecule has 0 rings (SSSR count). The van der Waals surface area contributed by atoms with E-state index in [-0.39, 0.29) is 31.1 Å². The summed E-state index contributed by atoms with van der Waals surface area (Å²) in [5.74, 6) is -0.906. The smallest absolute Gasteiger partial charge is 0.306 e. The summed E-state index contributed by atoms with van der Waals surface area (Å²) in [5, 5.41) is 0. The summed E-state index contributed by atoms with van der Waals surface area (Å²) >= 11 is 0. The minimum Gasteiger partial charge on any atom is -0.462 e. The lowest BCUT2D eigenvalue weighted by molar-refractivity contribution is -0.167. The van der Waals surface area contributed by atoms with Gasteiger partial charge in [-0.3, -0.25) is 14.4 Å². The fourth-order valence-corrected chi connectivity index (χ4v) is 6.51. The Labute approximate surface area is 346 Å². The molecule has 0 heterocycles. The number of carbonyl (C=O) groups excluding carboxylic acids is 3. The molecule has 0 saturated carbocycles. The van der Waals surface area contributed by atoms with Crippen LogP contribution in [0.1, 0.15) is 233 Å². The lowest BCUT2D eigenvalue weighted by Gasteiger charge is -2.18. The maximum Gasteiger partial charge on any atom is 0.306 e. The minimum absolute atomic E-state index is 0.0795. The van der Waals surface area contributed by atoms with Gasteiger partial charge in [0.15, 0.2) is 6.10 Å². The van der Waals surface area contributed by atoms with Crippen LogP contribution in [-0.4, -0.2) is 37.2 Å². The first-order chi connectivity index (χ1) is 27.5. The predicted molar refractivity (Wildman–Crippen MR) is 238 cm³/mol. The first kappa shape index (κ1) is 53.4. The van der Waals surface area contributed by atoms with E-state index in [0.29, 0.717) is 19.3 Å². The van der Waals surface area contributed by atoms with Gasteiger partial charge in [0.25, 0.3) is 0 Å². The molecular weight excluding hydrogens is 697 g/mol. The average Bonchev–Trinajstić information content (AvgIpc) is 3.19. The Balaban J connectivity index is 4.27. The molecule has 0 aliphatic heterocycles. The second-order valence-corrected chi connectivity index (χ2v) is 15.6. The first-order valence-electron chi connectivity index (χ1n) is 23.6. The van der Waals surface area contributed by atoms with E-state index in [4.69, 9.17) is 14.2 Å². The van der Waals surface area contributed by atoms with Crippen molar-refractivity contribution in [2.24, 2.45) is 0 Å². The number of hydrogen-bond donors (Lipinski definition) is 0. The monoisotopic (exact) mass is 785 g/mol. The number of esters is 3. The SMILES string of the molecule is CC/C=C\C/C=C\C/C=C\CCCCCCCCCC(=O)OCC(COC(=O)CCCCCCCC)OC(=O)CCCCCCC/C=C\CCCCCCCC. The van der Waals surface area contributed by atoms with Gasteiger partial charge in [0.05, 0.1) is 0 Å². The van der Waals surface area contributed by atoms with Crippen molar-refractivity contribution in [1.29, 1.82) is 0 Å². The van der Waals surface area contributed by atoms with Crippen LogP contribution in [0.5, 0.6) is 0 Å². The highest BCUT2D eigenvalue weighted by atomic mass is 16.6. The van der Waals surface area contributed by atoms with E-state index in [2.05, 4.69) is 69.4 Å². The topological polar surface area (TPSA) is 78.9 Å². The Bertz CT molecular complexity index is 996. The van der Waals surface area contributed by atoms with Gasteiger partial charge in [-0.1, -0.05) is 185 Å². The van der Waals surface area contributed by atoms with Gasteiger partial charge >= 0.3 is 17.9 Å². The van der Waals surface area contributed by atoms with Crippen LogP contribution in [0, 0.1) is 0 Å². The van der Waals surface area contributed by atoms with Gasteiger partial charge < -0.3 is 14.2 Å². The second-order valence-electron chi connectivity index (χ2n) is 15.6. The molecule has 0 saturated heterocycles. The van der Waals surface area contributed by atoms with Crippen LogP contribution in [0.25, 0.3) is 0 Å². The Hall–Kier alpha value is -2.63. The van der Waals surface area contributed by atoms with Gasteiger partial charge in [-0.2, -0.15) is 0 Å². The third-order valence-electron chi connectivity index (χ3n) is 10.1. The zero-order valence-corrected chi connectivity index (χ0v) is 36.9. The number of rotatable bonds is 42. The molecule has 0 aliphatic carbocycles. The molecule has 0 spiro atoms. The quantitative estimate of drug-likeness (QED) is 0.0265. The fraction of sp³-hybridized carbons (Fsp3) is 0.780. The van der Waals surface area contributed by atoms with Crippen LogP contribution in [0.15, 0.2) is 48.6 Å². The van der Waals surface area contributed by atoms with Crippen molar-refractivity contribution in [3.63, 3.8) is 0 Å². The van der Waals surface area contributed by atoms with Crippen LogP contribution >= 0.6 is 0 Å². The minimum atomic E-state index is -0.776. The molecule has 0 bridgehead atoms. The maximum absolute atomic E-state index is 12.7. The zero-order chi connectivity index (χ0) is 40.8. The molecule has 0 fully saturated rings. The van der Waals surface area contributed by atoms with Crippen molar-refractivity contribution in [3.05, 3.63) is 48.6 Å². The molecule has 0 amide bonds. The first-order valence-corrected chi connectivity index (χ1v) is 23.6.